The van der Waals surface area contributed by atoms with Crippen LogP contribution < -0.4 is 10.5 Å². The van der Waals surface area contributed by atoms with Gasteiger partial charge in [0.1, 0.15) is 5.75 Å². The molecule has 1 radical (unpaired) electrons. The zero-order chi connectivity index (χ0) is 15.6. The summed E-state index contributed by atoms with van der Waals surface area (Å²) >= 11 is 0. The molecule has 2 N–H and O–H groups in total. The lowest BCUT2D eigenvalue weighted by Gasteiger charge is -2.07. The molecule has 2 rings (SSSR count). The molecule has 0 bridgehead atoms. The molecule has 0 fully saturated rings. The normalized spacial score (nSPS) is 11.2. The molecule has 22 heavy (non-hydrogen) atoms. The van der Waals surface area contributed by atoms with Gasteiger partial charge in [0.2, 0.25) is 0 Å². The molecule has 1 heterocycles. The van der Waals surface area contributed by atoms with Crippen LogP contribution in [-0.2, 0) is 6.42 Å². The van der Waals surface area contributed by atoms with Crippen molar-refractivity contribution in [3.8, 4) is 5.75 Å². The Balaban J connectivity index is 1.73. The van der Waals surface area contributed by atoms with Crippen LogP contribution in [0.5, 0.6) is 5.75 Å². The molecular formula is C19H29N2O. The Morgan fingerprint density at radius 3 is 2.59 bits per heavy atom. The summed E-state index contributed by atoms with van der Waals surface area (Å²) in [4.78, 5) is 3.26. The van der Waals surface area contributed by atoms with E-state index in [1.165, 1.54) is 49.5 Å². The van der Waals surface area contributed by atoms with Crippen LogP contribution in [-0.4, -0.2) is 18.1 Å². The molecule has 0 atom stereocenters. The van der Waals surface area contributed by atoms with E-state index in [-0.39, 0.29) is 0 Å². The average Bonchev–Trinajstić information content (AvgIpc) is 2.93. The van der Waals surface area contributed by atoms with Gasteiger partial charge in [-0.05, 0) is 36.6 Å². The third kappa shape index (κ3) is 5.06. The minimum absolute atomic E-state index is 0.427. The zero-order valence-electron chi connectivity index (χ0n) is 13.8. The number of benzene rings is 1. The van der Waals surface area contributed by atoms with Gasteiger partial charge in [-0.3, -0.25) is 5.73 Å². The Morgan fingerprint density at radius 1 is 1.05 bits per heavy atom. The second-order valence-electron chi connectivity index (χ2n) is 5.99. The van der Waals surface area contributed by atoms with E-state index in [1.54, 1.807) is 0 Å². The van der Waals surface area contributed by atoms with Gasteiger partial charge in [0, 0.05) is 23.6 Å². The number of rotatable bonds is 11. The summed E-state index contributed by atoms with van der Waals surface area (Å²) < 4.78 is 5.88. The van der Waals surface area contributed by atoms with E-state index in [2.05, 4.69) is 24.0 Å². The van der Waals surface area contributed by atoms with E-state index in [4.69, 9.17) is 10.5 Å². The molecule has 0 aliphatic heterocycles. The largest absolute Gasteiger partial charge is 0.494 e. The summed E-state index contributed by atoms with van der Waals surface area (Å²) in [7, 11) is 0. The molecular weight excluding hydrogens is 272 g/mol. The smallest absolute Gasteiger partial charge is 0.120 e. The van der Waals surface area contributed by atoms with Crippen LogP contribution in [0.1, 0.15) is 57.4 Å². The van der Waals surface area contributed by atoms with Crippen LogP contribution in [0.15, 0.2) is 24.4 Å². The summed E-state index contributed by atoms with van der Waals surface area (Å²) in [6.07, 6.45) is 12.0. The van der Waals surface area contributed by atoms with Gasteiger partial charge in [-0.1, -0.05) is 45.4 Å². The van der Waals surface area contributed by atoms with Gasteiger partial charge in [-0.25, -0.2) is 0 Å². The number of nitrogens with one attached hydrogen (secondary N) is 2. The maximum atomic E-state index is 7.38. The van der Waals surface area contributed by atoms with Crippen molar-refractivity contribution in [3.05, 3.63) is 30.0 Å². The van der Waals surface area contributed by atoms with Gasteiger partial charge in [0.15, 0.2) is 0 Å². The Labute approximate surface area is 134 Å². The van der Waals surface area contributed by atoms with Crippen molar-refractivity contribution in [1.82, 2.24) is 10.7 Å². The first kappa shape index (κ1) is 16.9. The molecule has 121 valence electrons. The Morgan fingerprint density at radius 2 is 1.82 bits per heavy atom. The van der Waals surface area contributed by atoms with E-state index in [0.29, 0.717) is 6.54 Å². The van der Waals surface area contributed by atoms with Gasteiger partial charge in [-0.15, -0.1) is 0 Å². The molecule has 0 aliphatic rings. The third-order valence-corrected chi connectivity index (χ3v) is 4.15. The molecule has 3 heteroatoms. The van der Waals surface area contributed by atoms with Gasteiger partial charge < -0.3 is 9.72 Å². The molecule has 1 aromatic heterocycles. The number of unbranched alkanes of at least 4 members (excludes halogenated alkanes) is 6. The Bertz CT molecular complexity index is 547. The predicted octanol–water partition coefficient (Wildman–Crippen LogP) is 5.12. The number of ether oxygens (including phenoxy) is 1. The lowest BCUT2D eigenvalue weighted by atomic mass is 10.1. The zero-order valence-corrected chi connectivity index (χ0v) is 13.8. The fourth-order valence-corrected chi connectivity index (χ4v) is 2.84. The maximum Gasteiger partial charge on any atom is 0.120 e. The molecule has 0 unspecified atom stereocenters. The molecule has 3 nitrogen and oxygen atoms in total. The van der Waals surface area contributed by atoms with E-state index in [1.807, 2.05) is 12.3 Å². The predicted molar refractivity (Wildman–Crippen MR) is 93.5 cm³/mol. The molecule has 2 aromatic rings. The van der Waals surface area contributed by atoms with Gasteiger partial charge in [0.05, 0.1) is 6.61 Å². The maximum absolute atomic E-state index is 7.38. The monoisotopic (exact) mass is 301 g/mol. The van der Waals surface area contributed by atoms with Crippen molar-refractivity contribution in [2.45, 2.75) is 58.3 Å². The van der Waals surface area contributed by atoms with Crippen molar-refractivity contribution < 1.29 is 4.74 Å². The fraction of sp³-hybridized carbons (Fsp3) is 0.579. The molecule has 1 aromatic carbocycles. The van der Waals surface area contributed by atoms with Crippen molar-refractivity contribution in [2.24, 2.45) is 0 Å². The van der Waals surface area contributed by atoms with E-state index >= 15 is 0 Å². The highest BCUT2D eigenvalue weighted by atomic mass is 16.5. The number of fused-ring (bicyclic) bond motifs is 1. The highest BCUT2D eigenvalue weighted by molar-refractivity contribution is 5.84. The van der Waals surface area contributed by atoms with Crippen molar-refractivity contribution in [3.63, 3.8) is 0 Å². The Kier molecular flexibility index (Phi) is 7.31. The summed E-state index contributed by atoms with van der Waals surface area (Å²) in [5, 5.41) is 1.20. The molecule has 0 saturated heterocycles. The van der Waals surface area contributed by atoms with E-state index in [0.717, 1.165) is 30.7 Å². The summed E-state index contributed by atoms with van der Waals surface area (Å²) in [5.74, 6) is 0.948. The summed E-state index contributed by atoms with van der Waals surface area (Å²) in [6, 6.07) is 6.21. The number of aromatic nitrogens is 1. The minimum Gasteiger partial charge on any atom is -0.494 e. The molecule has 0 saturated carbocycles. The van der Waals surface area contributed by atoms with E-state index in [9.17, 15) is 0 Å². The van der Waals surface area contributed by atoms with Gasteiger partial charge in [-0.2, -0.15) is 0 Å². The standard InChI is InChI=1S/C19H29N2O/c1-2-3-4-5-6-7-8-13-22-17-9-10-19-18(14-17)16(11-12-20)15-21-19/h9-10,14-15,20-21H,2-8,11-13H2,1H3. The van der Waals surface area contributed by atoms with Crippen molar-refractivity contribution in [2.75, 3.05) is 13.2 Å². The first-order chi connectivity index (χ1) is 10.8. The summed E-state index contributed by atoms with van der Waals surface area (Å²) in [5.41, 5.74) is 9.73. The number of hydrogen-bond acceptors (Lipinski definition) is 1. The first-order valence-electron chi connectivity index (χ1n) is 8.72. The molecule has 0 spiro atoms. The van der Waals surface area contributed by atoms with Crippen LogP contribution >= 0.6 is 0 Å². The topological polar surface area (TPSA) is 48.8 Å². The highest BCUT2D eigenvalue weighted by Crippen LogP contribution is 2.24. The average molecular weight is 301 g/mol. The highest BCUT2D eigenvalue weighted by Gasteiger charge is 2.04. The Hall–Kier alpha value is -1.48. The summed E-state index contributed by atoms with van der Waals surface area (Å²) in [6.45, 7) is 3.48. The lowest BCUT2D eigenvalue weighted by Crippen LogP contribution is -1.97. The van der Waals surface area contributed by atoms with Crippen LogP contribution in [0.25, 0.3) is 10.9 Å². The van der Waals surface area contributed by atoms with Crippen molar-refractivity contribution in [1.29, 1.82) is 0 Å². The quantitative estimate of drug-likeness (QED) is 0.575. The second kappa shape index (κ2) is 9.52. The SMILES string of the molecule is CCCCCCCCCOc1ccc2[nH]cc(CC[NH])c2c1. The van der Waals surface area contributed by atoms with E-state index < -0.39 is 0 Å². The number of hydrogen-bond donors (Lipinski definition) is 1. The third-order valence-electron chi connectivity index (χ3n) is 4.15. The van der Waals surface area contributed by atoms with Crippen molar-refractivity contribution >= 4 is 10.9 Å². The van der Waals surface area contributed by atoms with Crippen LogP contribution in [0.4, 0.5) is 0 Å². The molecule has 0 amide bonds. The van der Waals surface area contributed by atoms with Crippen LogP contribution in [0, 0.1) is 0 Å². The minimum atomic E-state index is 0.427. The second-order valence-corrected chi connectivity index (χ2v) is 5.99. The van der Waals surface area contributed by atoms with Gasteiger partial charge in [0.25, 0.3) is 0 Å². The van der Waals surface area contributed by atoms with Crippen LogP contribution in [0.3, 0.4) is 0 Å². The molecule has 0 aliphatic carbocycles. The van der Waals surface area contributed by atoms with Gasteiger partial charge >= 0.3 is 0 Å². The van der Waals surface area contributed by atoms with Crippen LogP contribution in [0.2, 0.25) is 0 Å². The fourth-order valence-electron chi connectivity index (χ4n) is 2.84. The lowest BCUT2D eigenvalue weighted by molar-refractivity contribution is 0.304. The number of H-pyrrole nitrogens is 1. The first-order valence-corrected chi connectivity index (χ1v) is 8.72. The number of aromatic amines is 1.